The monoisotopic (exact) mass is 254 g/mol. The summed E-state index contributed by atoms with van der Waals surface area (Å²) in [6.07, 6.45) is 1.67. The summed E-state index contributed by atoms with van der Waals surface area (Å²) in [6.45, 7) is 2.28. The third-order valence-corrected chi connectivity index (χ3v) is 2.20. The Morgan fingerprint density at radius 2 is 1.94 bits per heavy atom. The number of rotatable bonds is 7. The van der Waals surface area contributed by atoms with Crippen molar-refractivity contribution in [2.24, 2.45) is 0 Å². The molecule has 0 atom stereocenters. The minimum absolute atomic E-state index is 0.112. The molecule has 0 heterocycles. The van der Waals surface area contributed by atoms with Gasteiger partial charge in [-0.15, -0.1) is 0 Å². The van der Waals surface area contributed by atoms with Gasteiger partial charge >= 0.3 is 11.9 Å². The Morgan fingerprint density at radius 1 is 1.22 bits per heavy atom. The van der Waals surface area contributed by atoms with Gasteiger partial charge in [0.15, 0.2) is 5.75 Å². The lowest BCUT2D eigenvalue weighted by molar-refractivity contribution is -0.207. The van der Waals surface area contributed by atoms with E-state index in [1.165, 1.54) is 18.2 Å². The Balaban J connectivity index is 2.93. The van der Waals surface area contributed by atoms with Crippen LogP contribution in [-0.2, 0) is 4.89 Å². The van der Waals surface area contributed by atoms with Crippen LogP contribution in [0, 0.1) is 0 Å². The van der Waals surface area contributed by atoms with Crippen molar-refractivity contribution in [1.82, 2.24) is 0 Å². The van der Waals surface area contributed by atoms with Crippen molar-refractivity contribution in [2.75, 3.05) is 6.61 Å². The highest BCUT2D eigenvalue weighted by Crippen LogP contribution is 2.23. The van der Waals surface area contributed by atoms with Crippen LogP contribution in [0.2, 0.25) is 0 Å². The Labute approximate surface area is 104 Å². The molecule has 0 aromatic heterocycles. The fourth-order valence-electron chi connectivity index (χ4n) is 1.31. The number of benzene rings is 1. The number of hydrogen-bond donors (Lipinski definition) is 2. The molecule has 1 aromatic carbocycles. The van der Waals surface area contributed by atoms with Crippen molar-refractivity contribution in [3.8, 4) is 5.75 Å². The quantitative estimate of drug-likeness (QED) is 0.440. The Kier molecular flexibility index (Phi) is 5.13. The molecule has 98 valence electrons. The van der Waals surface area contributed by atoms with Gasteiger partial charge in [-0.2, -0.15) is 4.89 Å². The number of carboxylic acid groups (broad SMARTS) is 2. The van der Waals surface area contributed by atoms with E-state index < -0.39 is 17.5 Å². The van der Waals surface area contributed by atoms with Gasteiger partial charge < -0.3 is 15.1 Å². The van der Waals surface area contributed by atoms with Gasteiger partial charge in [0.05, 0.1) is 12.2 Å². The van der Waals surface area contributed by atoms with Gasteiger partial charge in [0, 0.05) is 0 Å². The highest BCUT2D eigenvalue weighted by Gasteiger charge is 2.21. The van der Waals surface area contributed by atoms with Crippen LogP contribution in [-0.4, -0.2) is 28.8 Å². The van der Waals surface area contributed by atoms with Gasteiger partial charge in [-0.1, -0.05) is 19.4 Å². The van der Waals surface area contributed by atoms with Gasteiger partial charge in [-0.3, -0.25) is 0 Å². The van der Waals surface area contributed by atoms with Crippen molar-refractivity contribution in [3.05, 3.63) is 29.3 Å². The largest absolute Gasteiger partial charge is 0.478 e. The van der Waals surface area contributed by atoms with Gasteiger partial charge in [0.2, 0.25) is 0 Å². The molecule has 6 heteroatoms. The fraction of sp³-hybridized carbons (Fsp3) is 0.333. The second kappa shape index (κ2) is 6.61. The predicted molar refractivity (Wildman–Crippen MR) is 61.8 cm³/mol. The van der Waals surface area contributed by atoms with Crippen LogP contribution in [0.1, 0.15) is 40.5 Å². The fourth-order valence-corrected chi connectivity index (χ4v) is 1.31. The summed E-state index contributed by atoms with van der Waals surface area (Å²) < 4.78 is 0. The molecular weight excluding hydrogens is 240 g/mol. The average Bonchev–Trinajstić information content (AvgIpc) is 2.33. The van der Waals surface area contributed by atoms with Crippen LogP contribution >= 0.6 is 0 Å². The zero-order valence-electron chi connectivity index (χ0n) is 9.88. The second-order valence-electron chi connectivity index (χ2n) is 3.55. The molecule has 0 amide bonds. The summed E-state index contributed by atoms with van der Waals surface area (Å²) in [6, 6.07) is 3.95. The summed E-state index contributed by atoms with van der Waals surface area (Å²) in [5, 5.41) is 17.9. The standard InChI is InChI=1S/C12H14O6/c1-2-3-7-17-18-9-6-4-5-8(11(13)14)10(9)12(15)16/h4-6H,2-3,7H2,1H3,(H,13,14)(H,15,16). The van der Waals surface area contributed by atoms with E-state index in [2.05, 4.69) is 0 Å². The molecule has 1 aromatic rings. The smallest absolute Gasteiger partial charge is 0.340 e. The Morgan fingerprint density at radius 3 is 2.50 bits per heavy atom. The molecule has 0 unspecified atom stereocenters. The van der Waals surface area contributed by atoms with E-state index in [1.807, 2.05) is 6.92 Å². The summed E-state index contributed by atoms with van der Waals surface area (Å²) in [5.74, 6) is -2.81. The van der Waals surface area contributed by atoms with Crippen LogP contribution < -0.4 is 4.89 Å². The second-order valence-corrected chi connectivity index (χ2v) is 3.55. The van der Waals surface area contributed by atoms with E-state index in [0.29, 0.717) is 6.61 Å². The summed E-state index contributed by atoms with van der Waals surface area (Å²) >= 11 is 0. The molecule has 0 aliphatic carbocycles. The highest BCUT2D eigenvalue weighted by atomic mass is 17.2. The Bertz CT molecular complexity index is 440. The average molecular weight is 254 g/mol. The van der Waals surface area contributed by atoms with E-state index in [0.717, 1.165) is 12.8 Å². The first kappa shape index (κ1) is 14.0. The van der Waals surface area contributed by atoms with E-state index >= 15 is 0 Å². The summed E-state index contributed by atoms with van der Waals surface area (Å²) in [5.41, 5.74) is -0.749. The Hall–Kier alpha value is -2.08. The molecule has 0 aliphatic heterocycles. The molecule has 6 nitrogen and oxygen atoms in total. The summed E-state index contributed by atoms with van der Waals surface area (Å²) in [4.78, 5) is 31.6. The molecule has 1 rings (SSSR count). The third kappa shape index (κ3) is 3.46. The van der Waals surface area contributed by atoms with Crippen molar-refractivity contribution in [2.45, 2.75) is 19.8 Å². The normalized spacial score (nSPS) is 10.1. The lowest BCUT2D eigenvalue weighted by atomic mass is 10.1. The van der Waals surface area contributed by atoms with Crippen molar-refractivity contribution in [1.29, 1.82) is 0 Å². The van der Waals surface area contributed by atoms with Gasteiger partial charge in [-0.05, 0) is 18.6 Å². The maximum absolute atomic E-state index is 11.0. The van der Waals surface area contributed by atoms with E-state index in [1.54, 1.807) is 0 Å². The minimum atomic E-state index is -1.37. The van der Waals surface area contributed by atoms with Crippen LogP contribution in [0.25, 0.3) is 0 Å². The lowest BCUT2D eigenvalue weighted by Gasteiger charge is -2.09. The molecule has 0 saturated heterocycles. The third-order valence-electron chi connectivity index (χ3n) is 2.20. The molecule has 0 bridgehead atoms. The SMILES string of the molecule is CCCCOOc1cccc(C(=O)O)c1C(=O)O. The zero-order chi connectivity index (χ0) is 13.5. The van der Waals surface area contributed by atoms with Crippen molar-refractivity contribution in [3.63, 3.8) is 0 Å². The van der Waals surface area contributed by atoms with Gasteiger partial charge in [0.25, 0.3) is 0 Å². The molecule has 18 heavy (non-hydrogen) atoms. The molecule has 0 radical (unpaired) electrons. The van der Waals surface area contributed by atoms with Gasteiger partial charge in [-0.25, -0.2) is 9.59 Å². The summed E-state index contributed by atoms with van der Waals surface area (Å²) in [7, 11) is 0. The van der Waals surface area contributed by atoms with Gasteiger partial charge in [0.1, 0.15) is 5.56 Å². The molecular formula is C12H14O6. The van der Waals surface area contributed by atoms with E-state index in [-0.39, 0.29) is 11.3 Å². The van der Waals surface area contributed by atoms with Crippen LogP contribution in [0.3, 0.4) is 0 Å². The maximum atomic E-state index is 11.0. The van der Waals surface area contributed by atoms with Crippen molar-refractivity contribution < 1.29 is 29.6 Å². The zero-order valence-corrected chi connectivity index (χ0v) is 9.88. The number of carbonyl (C=O) groups is 2. The lowest BCUT2D eigenvalue weighted by Crippen LogP contribution is -2.11. The molecule has 0 aliphatic rings. The number of carboxylic acids is 2. The number of aromatic carboxylic acids is 2. The predicted octanol–water partition coefficient (Wildman–Crippen LogP) is 2.19. The first-order valence-corrected chi connectivity index (χ1v) is 5.47. The highest BCUT2D eigenvalue weighted by molar-refractivity contribution is 6.03. The van der Waals surface area contributed by atoms with Crippen LogP contribution in [0.5, 0.6) is 5.75 Å². The molecule has 0 saturated carbocycles. The number of hydrogen-bond acceptors (Lipinski definition) is 4. The number of unbranched alkanes of at least 4 members (excludes halogenated alkanes) is 1. The molecule has 0 fully saturated rings. The van der Waals surface area contributed by atoms with Crippen LogP contribution in [0.4, 0.5) is 0 Å². The molecule has 0 spiro atoms. The van der Waals surface area contributed by atoms with E-state index in [9.17, 15) is 9.59 Å². The topological polar surface area (TPSA) is 93.1 Å². The van der Waals surface area contributed by atoms with Crippen LogP contribution in [0.15, 0.2) is 18.2 Å². The minimum Gasteiger partial charge on any atom is -0.478 e. The molecule has 2 N–H and O–H groups in total. The van der Waals surface area contributed by atoms with E-state index in [4.69, 9.17) is 20.0 Å². The maximum Gasteiger partial charge on any atom is 0.340 e. The first-order chi connectivity index (χ1) is 8.57. The first-order valence-electron chi connectivity index (χ1n) is 5.47. The van der Waals surface area contributed by atoms with Crippen molar-refractivity contribution >= 4 is 11.9 Å².